The molecule has 0 saturated carbocycles. The molecule has 30 heavy (non-hydrogen) atoms. The van der Waals surface area contributed by atoms with Crippen LogP contribution in [0.15, 0.2) is 48.7 Å². The summed E-state index contributed by atoms with van der Waals surface area (Å²) in [5.41, 5.74) is 3.82. The molecule has 0 aliphatic rings. The summed E-state index contributed by atoms with van der Waals surface area (Å²) in [5, 5.41) is 4.69. The molecule has 0 aliphatic carbocycles. The maximum atomic E-state index is 14.0. The number of carbonyl (C=O) groups is 1. The number of amides is 1. The van der Waals surface area contributed by atoms with E-state index < -0.39 is 0 Å². The summed E-state index contributed by atoms with van der Waals surface area (Å²) in [6.07, 6.45) is 3.69. The van der Waals surface area contributed by atoms with Crippen molar-refractivity contribution in [1.29, 1.82) is 0 Å². The van der Waals surface area contributed by atoms with Crippen LogP contribution in [-0.2, 0) is 6.42 Å². The number of aromatic nitrogens is 1. The van der Waals surface area contributed by atoms with Crippen LogP contribution in [0, 0.1) is 11.7 Å². The van der Waals surface area contributed by atoms with Crippen LogP contribution in [0.2, 0.25) is 0 Å². The summed E-state index contributed by atoms with van der Waals surface area (Å²) in [6, 6.07) is 12.9. The van der Waals surface area contributed by atoms with Crippen LogP contribution in [0.5, 0.6) is 0 Å². The SMILES string of the molecule is CCc1ccc(-c2c(C(=O)NCCC(C)C)sc3c2cnc2ccc(F)cc23)cc1. The number of aryl methyl sites for hydroxylation is 1. The Kier molecular flexibility index (Phi) is 5.82. The molecule has 0 radical (unpaired) electrons. The van der Waals surface area contributed by atoms with Gasteiger partial charge in [0.2, 0.25) is 0 Å². The van der Waals surface area contributed by atoms with Crippen LogP contribution in [-0.4, -0.2) is 17.4 Å². The van der Waals surface area contributed by atoms with Gasteiger partial charge in [-0.15, -0.1) is 11.3 Å². The second kappa shape index (κ2) is 8.52. The number of nitrogens with one attached hydrogen (secondary N) is 1. The third kappa shape index (κ3) is 3.94. The minimum atomic E-state index is -0.304. The highest BCUT2D eigenvalue weighted by Crippen LogP contribution is 2.41. The van der Waals surface area contributed by atoms with Gasteiger partial charge >= 0.3 is 0 Å². The van der Waals surface area contributed by atoms with Crippen molar-refractivity contribution in [3.05, 3.63) is 64.9 Å². The molecule has 5 heteroatoms. The highest BCUT2D eigenvalue weighted by Gasteiger charge is 2.21. The second-order valence-electron chi connectivity index (χ2n) is 7.96. The maximum Gasteiger partial charge on any atom is 0.262 e. The summed E-state index contributed by atoms with van der Waals surface area (Å²) in [5.74, 6) is 0.128. The summed E-state index contributed by atoms with van der Waals surface area (Å²) in [7, 11) is 0. The van der Waals surface area contributed by atoms with Crippen molar-refractivity contribution in [1.82, 2.24) is 10.3 Å². The van der Waals surface area contributed by atoms with Crippen LogP contribution in [0.1, 0.15) is 42.4 Å². The Bertz CT molecular complexity index is 1210. The molecule has 2 aromatic heterocycles. The summed E-state index contributed by atoms with van der Waals surface area (Å²) < 4.78 is 14.9. The first kappa shape index (κ1) is 20.5. The van der Waals surface area contributed by atoms with Gasteiger partial charge in [0.1, 0.15) is 10.7 Å². The molecule has 0 saturated heterocycles. The lowest BCUT2D eigenvalue weighted by atomic mass is 9.99. The normalized spacial score (nSPS) is 11.5. The molecule has 4 rings (SSSR count). The zero-order valence-electron chi connectivity index (χ0n) is 17.5. The minimum Gasteiger partial charge on any atom is -0.351 e. The monoisotopic (exact) mass is 420 g/mol. The van der Waals surface area contributed by atoms with E-state index in [9.17, 15) is 9.18 Å². The van der Waals surface area contributed by atoms with E-state index in [1.807, 2.05) is 0 Å². The van der Waals surface area contributed by atoms with Gasteiger partial charge in [0, 0.05) is 33.8 Å². The minimum absolute atomic E-state index is 0.0871. The number of rotatable bonds is 6. The molecule has 2 aromatic carbocycles. The van der Waals surface area contributed by atoms with E-state index in [0.29, 0.717) is 17.3 Å². The predicted molar refractivity (Wildman–Crippen MR) is 124 cm³/mol. The fourth-order valence-corrected chi connectivity index (χ4v) is 4.85. The van der Waals surface area contributed by atoms with Gasteiger partial charge in [0.05, 0.1) is 5.52 Å². The Morgan fingerprint density at radius 3 is 2.60 bits per heavy atom. The molecule has 4 aromatic rings. The molecule has 2 heterocycles. The van der Waals surface area contributed by atoms with Crippen LogP contribution >= 0.6 is 11.3 Å². The predicted octanol–water partition coefficient (Wildman–Crippen LogP) is 6.59. The third-order valence-electron chi connectivity index (χ3n) is 5.35. The van der Waals surface area contributed by atoms with E-state index in [2.05, 4.69) is 55.3 Å². The molecule has 0 bridgehead atoms. The van der Waals surface area contributed by atoms with E-state index in [-0.39, 0.29) is 11.7 Å². The molecule has 1 N–H and O–H groups in total. The topological polar surface area (TPSA) is 42.0 Å². The van der Waals surface area contributed by atoms with Gasteiger partial charge in [-0.05, 0) is 48.1 Å². The number of halogens is 1. The standard InChI is InChI=1S/C25H25FN2OS/c1-4-16-5-7-17(8-6-16)22-20-14-28-21-10-9-18(26)13-19(21)23(20)30-24(22)25(29)27-12-11-15(2)3/h5-10,13-15H,4,11-12H2,1-3H3,(H,27,29). The molecule has 0 spiro atoms. The second-order valence-corrected chi connectivity index (χ2v) is 8.98. The molecule has 0 fully saturated rings. The average molecular weight is 421 g/mol. The van der Waals surface area contributed by atoms with Crippen molar-refractivity contribution in [3.63, 3.8) is 0 Å². The quantitative estimate of drug-likeness (QED) is 0.382. The highest BCUT2D eigenvalue weighted by atomic mass is 32.1. The maximum absolute atomic E-state index is 14.0. The lowest BCUT2D eigenvalue weighted by Crippen LogP contribution is -2.24. The number of benzene rings is 2. The number of hydrogen-bond acceptors (Lipinski definition) is 3. The lowest BCUT2D eigenvalue weighted by Gasteiger charge is -2.09. The van der Waals surface area contributed by atoms with E-state index >= 15 is 0 Å². The first-order chi connectivity index (χ1) is 14.5. The molecule has 0 unspecified atom stereocenters. The molecule has 0 aliphatic heterocycles. The Morgan fingerprint density at radius 1 is 1.13 bits per heavy atom. The average Bonchev–Trinajstić information content (AvgIpc) is 3.13. The van der Waals surface area contributed by atoms with Crippen molar-refractivity contribution >= 4 is 38.2 Å². The smallest absolute Gasteiger partial charge is 0.262 e. The molecule has 3 nitrogen and oxygen atoms in total. The van der Waals surface area contributed by atoms with Gasteiger partial charge in [0.15, 0.2) is 0 Å². The van der Waals surface area contributed by atoms with Crippen LogP contribution in [0.4, 0.5) is 4.39 Å². The molecule has 154 valence electrons. The molecular formula is C25H25FN2OS. The Balaban J connectivity index is 1.89. The van der Waals surface area contributed by atoms with Crippen molar-refractivity contribution < 1.29 is 9.18 Å². The Labute approximate surface area is 180 Å². The van der Waals surface area contributed by atoms with Crippen molar-refractivity contribution in [2.24, 2.45) is 5.92 Å². The Morgan fingerprint density at radius 2 is 1.90 bits per heavy atom. The van der Waals surface area contributed by atoms with Gasteiger partial charge in [-0.3, -0.25) is 9.78 Å². The number of fused-ring (bicyclic) bond motifs is 3. The molecular weight excluding hydrogens is 395 g/mol. The largest absolute Gasteiger partial charge is 0.351 e. The van der Waals surface area contributed by atoms with Crippen LogP contribution in [0.25, 0.3) is 32.1 Å². The first-order valence-corrected chi connectivity index (χ1v) is 11.2. The van der Waals surface area contributed by atoms with E-state index in [1.54, 1.807) is 12.3 Å². The van der Waals surface area contributed by atoms with Crippen molar-refractivity contribution in [3.8, 4) is 11.1 Å². The van der Waals surface area contributed by atoms with E-state index in [4.69, 9.17) is 0 Å². The summed E-state index contributed by atoms with van der Waals surface area (Å²) in [6.45, 7) is 7.02. The third-order valence-corrected chi connectivity index (χ3v) is 6.58. The fourth-order valence-electron chi connectivity index (χ4n) is 3.61. The van der Waals surface area contributed by atoms with Gasteiger partial charge < -0.3 is 5.32 Å². The van der Waals surface area contributed by atoms with Gasteiger partial charge in [-0.1, -0.05) is 45.0 Å². The fraction of sp³-hybridized carbons (Fsp3) is 0.280. The zero-order valence-corrected chi connectivity index (χ0v) is 18.3. The highest BCUT2D eigenvalue weighted by molar-refractivity contribution is 7.22. The van der Waals surface area contributed by atoms with E-state index in [1.165, 1.54) is 29.0 Å². The van der Waals surface area contributed by atoms with Gasteiger partial charge in [-0.25, -0.2) is 4.39 Å². The van der Waals surface area contributed by atoms with Crippen molar-refractivity contribution in [2.45, 2.75) is 33.6 Å². The zero-order chi connectivity index (χ0) is 21.3. The summed E-state index contributed by atoms with van der Waals surface area (Å²) >= 11 is 1.42. The van der Waals surface area contributed by atoms with Crippen LogP contribution in [0.3, 0.4) is 0 Å². The number of hydrogen-bond donors (Lipinski definition) is 1. The first-order valence-electron chi connectivity index (χ1n) is 10.4. The molecule has 1 amide bonds. The number of pyridine rings is 1. The van der Waals surface area contributed by atoms with Gasteiger partial charge in [-0.2, -0.15) is 0 Å². The lowest BCUT2D eigenvalue weighted by molar-refractivity contribution is 0.0956. The van der Waals surface area contributed by atoms with Crippen LogP contribution < -0.4 is 5.32 Å². The Hall–Kier alpha value is -2.79. The molecule has 0 atom stereocenters. The summed E-state index contributed by atoms with van der Waals surface area (Å²) in [4.78, 5) is 18.3. The van der Waals surface area contributed by atoms with E-state index in [0.717, 1.165) is 45.0 Å². The number of thiophene rings is 1. The number of nitrogens with zero attached hydrogens (tertiary/aromatic N) is 1. The van der Waals surface area contributed by atoms with Crippen molar-refractivity contribution in [2.75, 3.05) is 6.54 Å². The van der Waals surface area contributed by atoms with Gasteiger partial charge in [0.25, 0.3) is 5.91 Å². The number of carbonyl (C=O) groups excluding carboxylic acids is 1.